The number of rotatable bonds is 8. The van der Waals surface area contributed by atoms with Gasteiger partial charge in [0.15, 0.2) is 0 Å². The molecule has 0 radical (unpaired) electrons. The number of carbonyl (C=O) groups excluding carboxylic acids is 2. The van der Waals surface area contributed by atoms with Crippen LogP contribution >= 0.6 is 0 Å². The van der Waals surface area contributed by atoms with E-state index in [0.717, 1.165) is 11.1 Å². The zero-order chi connectivity index (χ0) is 21.6. The fraction of sp³-hybridized carbons (Fsp3) is 0.333. The predicted molar refractivity (Wildman–Crippen MR) is 109 cm³/mol. The van der Waals surface area contributed by atoms with Gasteiger partial charge in [0.05, 0.1) is 29.9 Å². The Kier molecular flexibility index (Phi) is 7.53. The van der Waals surface area contributed by atoms with E-state index < -0.39 is 22.0 Å². The maximum Gasteiger partial charge on any atom is 0.308 e. The summed E-state index contributed by atoms with van der Waals surface area (Å²) < 4.78 is 27.9. The molecule has 1 amide bonds. The summed E-state index contributed by atoms with van der Waals surface area (Å²) in [5.41, 5.74) is 2.50. The van der Waals surface area contributed by atoms with Crippen molar-refractivity contribution < 1.29 is 22.7 Å². The van der Waals surface area contributed by atoms with E-state index in [1.807, 2.05) is 31.2 Å². The molecule has 0 saturated heterocycles. The van der Waals surface area contributed by atoms with E-state index >= 15 is 0 Å². The lowest BCUT2D eigenvalue weighted by molar-refractivity contribution is -0.148. The Morgan fingerprint density at radius 3 is 2.14 bits per heavy atom. The van der Waals surface area contributed by atoms with Crippen molar-refractivity contribution in [3.8, 4) is 0 Å². The second-order valence-electron chi connectivity index (χ2n) is 7.14. The summed E-state index contributed by atoms with van der Waals surface area (Å²) in [6.45, 7) is 5.49. The van der Waals surface area contributed by atoms with E-state index in [-0.39, 0.29) is 29.7 Å². The number of amides is 1. The predicted octanol–water partition coefficient (Wildman–Crippen LogP) is 2.38. The lowest BCUT2D eigenvalue weighted by Gasteiger charge is -2.20. The van der Waals surface area contributed by atoms with E-state index in [0.29, 0.717) is 5.56 Å². The van der Waals surface area contributed by atoms with Gasteiger partial charge in [0.1, 0.15) is 0 Å². The summed E-state index contributed by atoms with van der Waals surface area (Å²) >= 11 is 0. The second kappa shape index (κ2) is 9.67. The highest BCUT2D eigenvalue weighted by atomic mass is 32.2. The van der Waals surface area contributed by atoms with Crippen LogP contribution in [0.3, 0.4) is 0 Å². The highest BCUT2D eigenvalue weighted by Gasteiger charge is 2.20. The zero-order valence-corrected chi connectivity index (χ0v) is 17.5. The molecule has 0 saturated carbocycles. The molecule has 1 unspecified atom stereocenters. The van der Waals surface area contributed by atoms with Gasteiger partial charge >= 0.3 is 5.97 Å². The number of carbonyl (C=O) groups is 2. The molecule has 0 aliphatic rings. The first-order valence-corrected chi connectivity index (χ1v) is 10.8. The van der Waals surface area contributed by atoms with Crippen LogP contribution in [-0.4, -0.2) is 26.4 Å². The highest BCUT2D eigenvalue weighted by molar-refractivity contribution is 7.89. The Bertz CT molecular complexity index is 952. The Hall–Kier alpha value is -2.71. The molecule has 0 heterocycles. The molecule has 8 heteroatoms. The van der Waals surface area contributed by atoms with Gasteiger partial charge in [-0.15, -0.1) is 0 Å². The number of nitrogens with one attached hydrogen (secondary N) is 1. The Balaban J connectivity index is 2.11. The third-order valence-corrected chi connectivity index (χ3v) is 5.10. The molecule has 0 aliphatic heterocycles. The number of hydrogen-bond donors (Lipinski definition) is 2. The smallest absolute Gasteiger partial charge is 0.308 e. The largest absolute Gasteiger partial charge is 0.463 e. The quantitative estimate of drug-likeness (QED) is 0.639. The van der Waals surface area contributed by atoms with Crippen molar-refractivity contribution in [2.75, 3.05) is 0 Å². The van der Waals surface area contributed by atoms with Crippen LogP contribution in [0, 0.1) is 6.92 Å². The molecule has 156 valence electrons. The molecule has 29 heavy (non-hydrogen) atoms. The third kappa shape index (κ3) is 7.32. The van der Waals surface area contributed by atoms with Crippen molar-refractivity contribution in [2.24, 2.45) is 5.14 Å². The number of esters is 1. The molecule has 2 rings (SSSR count). The van der Waals surface area contributed by atoms with Gasteiger partial charge in [-0.3, -0.25) is 9.59 Å². The summed E-state index contributed by atoms with van der Waals surface area (Å²) in [4.78, 5) is 24.7. The van der Waals surface area contributed by atoms with Crippen LogP contribution in [0.2, 0.25) is 0 Å². The van der Waals surface area contributed by atoms with E-state index in [9.17, 15) is 18.0 Å². The summed E-state index contributed by atoms with van der Waals surface area (Å²) in [6, 6.07) is 12.8. The van der Waals surface area contributed by atoms with Gasteiger partial charge in [0, 0.05) is 0 Å². The molecule has 3 N–H and O–H groups in total. The molecule has 0 bridgehead atoms. The van der Waals surface area contributed by atoms with Crippen LogP contribution in [-0.2, 0) is 30.8 Å². The number of aryl methyl sites for hydroxylation is 1. The van der Waals surface area contributed by atoms with Gasteiger partial charge in [-0.2, -0.15) is 0 Å². The minimum Gasteiger partial charge on any atom is -0.463 e. The summed E-state index contributed by atoms with van der Waals surface area (Å²) in [6.07, 6.45) is -0.196. The normalized spacial score (nSPS) is 12.4. The van der Waals surface area contributed by atoms with Crippen LogP contribution < -0.4 is 10.5 Å². The monoisotopic (exact) mass is 418 g/mol. The topological polar surface area (TPSA) is 116 Å². The molecule has 0 aromatic heterocycles. The van der Waals surface area contributed by atoms with Gasteiger partial charge in [-0.05, 0) is 44.0 Å². The van der Waals surface area contributed by atoms with Gasteiger partial charge < -0.3 is 10.1 Å². The average Bonchev–Trinajstić information content (AvgIpc) is 2.60. The number of primary sulfonamides is 1. The molecule has 1 atom stereocenters. The van der Waals surface area contributed by atoms with E-state index in [1.165, 1.54) is 24.3 Å². The minimum atomic E-state index is -3.78. The Morgan fingerprint density at radius 1 is 1.03 bits per heavy atom. The van der Waals surface area contributed by atoms with Crippen LogP contribution in [0.25, 0.3) is 0 Å². The van der Waals surface area contributed by atoms with Crippen molar-refractivity contribution in [2.45, 2.75) is 50.7 Å². The van der Waals surface area contributed by atoms with Gasteiger partial charge in [-0.25, -0.2) is 13.6 Å². The fourth-order valence-electron chi connectivity index (χ4n) is 2.76. The molecule has 0 spiro atoms. The first-order chi connectivity index (χ1) is 13.5. The average molecular weight is 419 g/mol. The molecular formula is C21H26N2O5S. The van der Waals surface area contributed by atoms with Crippen molar-refractivity contribution in [1.82, 2.24) is 5.32 Å². The number of ether oxygens (including phenoxy) is 1. The maximum absolute atomic E-state index is 12.5. The van der Waals surface area contributed by atoms with Crippen LogP contribution in [0.4, 0.5) is 0 Å². The van der Waals surface area contributed by atoms with Crippen molar-refractivity contribution in [1.29, 1.82) is 0 Å². The standard InChI is InChI=1S/C21H26N2O5S/c1-14(2)28-21(25)13-19(17-8-4-15(3)5-9-17)23-20(24)12-16-6-10-18(11-7-16)29(22,26)27/h4-11,14,19H,12-13H2,1-3H3,(H,23,24)(H2,22,26,27). The van der Waals surface area contributed by atoms with Crippen LogP contribution in [0.1, 0.15) is 43.0 Å². The van der Waals surface area contributed by atoms with E-state index in [2.05, 4.69) is 5.32 Å². The first-order valence-electron chi connectivity index (χ1n) is 9.21. The number of hydrogen-bond acceptors (Lipinski definition) is 5. The summed E-state index contributed by atoms with van der Waals surface area (Å²) in [5.74, 6) is -0.695. The lowest BCUT2D eigenvalue weighted by atomic mass is 10.0. The first kappa shape index (κ1) is 22.6. The van der Waals surface area contributed by atoms with E-state index in [4.69, 9.17) is 9.88 Å². The summed E-state index contributed by atoms with van der Waals surface area (Å²) in [5, 5.41) is 7.95. The highest BCUT2D eigenvalue weighted by Crippen LogP contribution is 2.19. The number of benzene rings is 2. The molecule has 7 nitrogen and oxygen atoms in total. The molecule has 2 aromatic rings. The Morgan fingerprint density at radius 2 is 1.62 bits per heavy atom. The van der Waals surface area contributed by atoms with Gasteiger partial charge in [-0.1, -0.05) is 42.0 Å². The third-order valence-electron chi connectivity index (χ3n) is 4.17. The second-order valence-corrected chi connectivity index (χ2v) is 8.70. The molecule has 2 aromatic carbocycles. The summed E-state index contributed by atoms with van der Waals surface area (Å²) in [7, 11) is -3.78. The van der Waals surface area contributed by atoms with Gasteiger partial charge in [0.25, 0.3) is 0 Å². The molecule has 0 fully saturated rings. The maximum atomic E-state index is 12.5. The van der Waals surface area contributed by atoms with Crippen LogP contribution in [0.15, 0.2) is 53.4 Å². The van der Waals surface area contributed by atoms with Crippen LogP contribution in [0.5, 0.6) is 0 Å². The van der Waals surface area contributed by atoms with Gasteiger partial charge in [0.2, 0.25) is 15.9 Å². The van der Waals surface area contributed by atoms with Crippen molar-refractivity contribution in [3.05, 3.63) is 65.2 Å². The fourth-order valence-corrected chi connectivity index (χ4v) is 3.27. The van der Waals surface area contributed by atoms with E-state index in [1.54, 1.807) is 13.8 Å². The zero-order valence-electron chi connectivity index (χ0n) is 16.7. The molecule has 0 aliphatic carbocycles. The number of sulfonamides is 1. The van der Waals surface area contributed by atoms with Crippen molar-refractivity contribution in [3.63, 3.8) is 0 Å². The minimum absolute atomic E-state index is 0.0112. The Labute approximate surface area is 171 Å². The SMILES string of the molecule is Cc1ccc(C(CC(=O)OC(C)C)NC(=O)Cc2ccc(S(N)(=O)=O)cc2)cc1. The lowest BCUT2D eigenvalue weighted by Crippen LogP contribution is -2.32. The number of nitrogens with two attached hydrogens (primary N) is 1. The molecular weight excluding hydrogens is 392 g/mol. The van der Waals surface area contributed by atoms with Crippen molar-refractivity contribution >= 4 is 21.9 Å².